The van der Waals surface area contributed by atoms with Gasteiger partial charge in [-0.25, -0.2) is 0 Å². The van der Waals surface area contributed by atoms with Crippen molar-refractivity contribution in [3.8, 4) is 0 Å². The minimum absolute atomic E-state index is 0.690. The van der Waals surface area contributed by atoms with Crippen molar-refractivity contribution >= 4 is 32.4 Å². The maximum absolute atomic E-state index is 4.46. The predicted octanol–water partition coefficient (Wildman–Crippen LogP) is 1.67. The first-order valence-corrected chi connectivity index (χ1v) is 9.43. The number of hydrogen-bond donors (Lipinski definition) is 0. The molecule has 0 radical (unpaired) electrons. The first-order chi connectivity index (χ1) is 7.20. The molecule has 82 valence electrons. The summed E-state index contributed by atoms with van der Waals surface area (Å²) in [4.78, 5) is 2.29. The van der Waals surface area contributed by atoms with Crippen LogP contribution < -0.4 is 10.4 Å². The zero-order valence-corrected chi connectivity index (χ0v) is 11.7. The molecule has 1 atom stereocenters. The van der Waals surface area contributed by atoms with E-state index in [9.17, 15) is 0 Å². The van der Waals surface area contributed by atoms with Gasteiger partial charge in [-0.05, 0) is 0 Å². The first-order valence-electron chi connectivity index (χ1n) is 5.23. The topological polar surface area (TPSA) is 12.8 Å². The maximum atomic E-state index is 4.46. The fourth-order valence-corrected chi connectivity index (χ4v) is 3.87. The number of benzene rings is 1. The van der Waals surface area contributed by atoms with Gasteiger partial charge in [-0.1, -0.05) is 0 Å². The van der Waals surface area contributed by atoms with E-state index < -0.39 is 20.2 Å². The summed E-state index contributed by atoms with van der Waals surface area (Å²) in [5, 5.41) is 2.82. The van der Waals surface area contributed by atoms with Crippen LogP contribution in [0.15, 0.2) is 18.2 Å². The Morgan fingerprint density at radius 2 is 2.13 bits per heavy atom. The van der Waals surface area contributed by atoms with Crippen LogP contribution in [0.4, 0.5) is 0 Å². The third-order valence-corrected chi connectivity index (χ3v) is 6.71. The first kappa shape index (κ1) is 11.1. The molecule has 1 aliphatic rings. The fraction of sp³-hybridized carbons (Fsp3) is 0.385. The van der Waals surface area contributed by atoms with Crippen LogP contribution in [0.25, 0.3) is 12.2 Å². The zero-order valence-electron chi connectivity index (χ0n) is 9.50. The molecule has 1 aromatic rings. The molecule has 1 aliphatic carbocycles. The molecule has 0 amide bonds. The Hall–Kier alpha value is -0.350. The van der Waals surface area contributed by atoms with E-state index in [-0.39, 0.29) is 0 Å². The molecule has 0 heterocycles. The summed E-state index contributed by atoms with van der Waals surface area (Å²) in [6.45, 7) is 2.27. The molecule has 1 N–H and O–H groups in total. The Morgan fingerprint density at radius 3 is 2.87 bits per heavy atom. The van der Waals surface area contributed by atoms with Gasteiger partial charge in [-0.15, -0.1) is 0 Å². The van der Waals surface area contributed by atoms with Gasteiger partial charge >= 0.3 is 99.0 Å². The minimum atomic E-state index is -1.18. The second-order valence-electron chi connectivity index (χ2n) is 3.97. The molecular weight excluding hydrogens is 299 g/mol. The molecule has 1 aromatic carbocycles. The van der Waals surface area contributed by atoms with E-state index >= 15 is 0 Å². The molecule has 15 heavy (non-hydrogen) atoms. The van der Waals surface area contributed by atoms with Crippen LogP contribution in [0.2, 0.25) is 0 Å². The van der Waals surface area contributed by atoms with E-state index in [1.807, 2.05) is 7.11 Å². The summed E-state index contributed by atoms with van der Waals surface area (Å²) in [5.74, 6) is 0.690. The fourth-order valence-electron chi connectivity index (χ4n) is 1.83. The molecule has 0 spiro atoms. The average Bonchev–Trinajstić information content (AvgIpc) is 2.27. The van der Waals surface area contributed by atoms with Crippen molar-refractivity contribution in [2.24, 2.45) is 5.92 Å². The monoisotopic (exact) mass is 317 g/mol. The van der Waals surface area contributed by atoms with Crippen molar-refractivity contribution in [3.05, 3.63) is 32.2 Å². The third-order valence-electron chi connectivity index (χ3n) is 2.79. The van der Waals surface area contributed by atoms with Crippen molar-refractivity contribution in [2.75, 3.05) is 12.0 Å². The van der Waals surface area contributed by atoms with Crippen LogP contribution in [0.1, 0.15) is 13.3 Å². The SMILES string of the molecule is C[OH+]I(C)c1ccc2c(c1)=CC[C@@H](C)C=2. The molecule has 0 fully saturated rings. The summed E-state index contributed by atoms with van der Waals surface area (Å²) < 4.78 is 5.93. The second kappa shape index (κ2) is 4.66. The molecule has 0 aliphatic heterocycles. The summed E-state index contributed by atoms with van der Waals surface area (Å²) in [6.07, 6.45) is 5.91. The van der Waals surface area contributed by atoms with Gasteiger partial charge in [0, 0.05) is 0 Å². The normalized spacial score (nSPS) is 19.9. The Balaban J connectivity index is 2.48. The van der Waals surface area contributed by atoms with E-state index in [0.717, 1.165) is 0 Å². The second-order valence-corrected chi connectivity index (χ2v) is 8.71. The van der Waals surface area contributed by atoms with Crippen LogP contribution in [0.3, 0.4) is 0 Å². The van der Waals surface area contributed by atoms with Gasteiger partial charge in [0.1, 0.15) is 0 Å². The number of fused-ring (bicyclic) bond motifs is 1. The summed E-state index contributed by atoms with van der Waals surface area (Å²) in [5.41, 5.74) is 0. The molecular formula is C13H18IO+. The van der Waals surface area contributed by atoms with Crippen molar-refractivity contribution < 1.29 is 3.07 Å². The van der Waals surface area contributed by atoms with E-state index in [1.54, 1.807) is 0 Å². The molecule has 1 nitrogen and oxygen atoms in total. The van der Waals surface area contributed by atoms with Gasteiger partial charge in [0.2, 0.25) is 0 Å². The summed E-state index contributed by atoms with van der Waals surface area (Å²) >= 11 is -1.18. The quantitative estimate of drug-likeness (QED) is 0.447. The van der Waals surface area contributed by atoms with Crippen LogP contribution in [-0.2, 0) is 0 Å². The molecule has 0 unspecified atom stereocenters. The summed E-state index contributed by atoms with van der Waals surface area (Å²) in [7, 11) is 1.95. The van der Waals surface area contributed by atoms with Crippen LogP contribution >= 0.6 is 20.2 Å². The van der Waals surface area contributed by atoms with Gasteiger partial charge in [0.25, 0.3) is 0 Å². The third kappa shape index (κ3) is 2.42. The van der Waals surface area contributed by atoms with Crippen molar-refractivity contribution in [1.82, 2.24) is 0 Å². The molecule has 0 aromatic heterocycles. The molecule has 2 heteroatoms. The van der Waals surface area contributed by atoms with Gasteiger partial charge in [0.05, 0.1) is 0 Å². The average molecular weight is 317 g/mol. The Bertz CT molecular complexity index is 464. The Labute approximate surface area is 98.8 Å². The Kier molecular flexibility index (Phi) is 3.46. The number of halogens is 1. The van der Waals surface area contributed by atoms with E-state index in [4.69, 9.17) is 0 Å². The molecule has 0 saturated heterocycles. The predicted molar refractivity (Wildman–Crippen MR) is 75.2 cm³/mol. The number of aliphatic hydroxyl groups is 1. The number of hydrogen-bond acceptors (Lipinski definition) is 0. The van der Waals surface area contributed by atoms with Gasteiger partial charge in [-0.3, -0.25) is 0 Å². The van der Waals surface area contributed by atoms with Crippen molar-refractivity contribution in [3.63, 3.8) is 0 Å². The molecule has 0 bridgehead atoms. The summed E-state index contributed by atoms with van der Waals surface area (Å²) in [6, 6.07) is 6.87. The van der Waals surface area contributed by atoms with Crippen molar-refractivity contribution in [2.45, 2.75) is 13.3 Å². The molecule has 2 rings (SSSR count). The standard InChI is InChI=1S/C13H17IO/c1-10-4-5-12-9-13(14(2)15-3)7-6-11(12)8-10/h5-10H,4H2,1-3H3/p+1/t10-/m1/s1. The van der Waals surface area contributed by atoms with Gasteiger partial charge in [0.15, 0.2) is 0 Å². The van der Waals surface area contributed by atoms with Gasteiger partial charge < -0.3 is 0 Å². The van der Waals surface area contributed by atoms with Crippen LogP contribution in [0, 0.1) is 9.49 Å². The number of rotatable bonds is 2. The number of alkyl halides is 1. The van der Waals surface area contributed by atoms with E-state index in [1.165, 1.54) is 20.4 Å². The van der Waals surface area contributed by atoms with E-state index in [2.05, 4.69) is 45.3 Å². The van der Waals surface area contributed by atoms with Gasteiger partial charge in [-0.2, -0.15) is 0 Å². The van der Waals surface area contributed by atoms with Crippen molar-refractivity contribution in [1.29, 1.82) is 0 Å². The van der Waals surface area contributed by atoms with E-state index in [0.29, 0.717) is 5.92 Å². The zero-order chi connectivity index (χ0) is 10.8. The molecule has 0 saturated carbocycles. The van der Waals surface area contributed by atoms with Crippen LogP contribution in [-0.4, -0.2) is 15.1 Å². The Morgan fingerprint density at radius 1 is 1.33 bits per heavy atom. The van der Waals surface area contributed by atoms with Crippen LogP contribution in [0.5, 0.6) is 0 Å².